The Hall–Kier alpha value is -2.87. The lowest BCUT2D eigenvalue weighted by Gasteiger charge is -2.38. The first-order valence-corrected chi connectivity index (χ1v) is 10.9. The fourth-order valence-electron chi connectivity index (χ4n) is 3.97. The van der Waals surface area contributed by atoms with E-state index in [-0.39, 0.29) is 17.4 Å². The number of carbonyl (C=O) groups is 1. The molecule has 158 valence electrons. The Morgan fingerprint density at radius 3 is 2.50 bits per heavy atom. The van der Waals surface area contributed by atoms with E-state index < -0.39 is 0 Å². The molecule has 0 N–H and O–H groups in total. The molecule has 3 rings (SSSR count). The number of esters is 1. The molecule has 30 heavy (non-hydrogen) atoms. The van der Waals surface area contributed by atoms with E-state index in [4.69, 9.17) is 9.47 Å². The Balaban J connectivity index is 1.89. The number of nitrogens with zero attached hydrogens (tertiary/aromatic N) is 2. The van der Waals surface area contributed by atoms with Crippen molar-refractivity contribution in [1.82, 2.24) is 9.97 Å². The standard InChI is InChI=1S/C25H30N2O3/c1-5-9-23(28)30-24-26-16-18(17-27-24)10-11-20-14-21-22(15-19(20)6-2)29-13-12-25(21,7-3)8-4/h14-17H,5-9,12-13H2,1-4H3. The van der Waals surface area contributed by atoms with Crippen molar-refractivity contribution in [3.05, 3.63) is 46.8 Å². The maximum atomic E-state index is 11.6. The van der Waals surface area contributed by atoms with Gasteiger partial charge in [0, 0.05) is 35.4 Å². The molecule has 2 heterocycles. The number of hydrogen-bond donors (Lipinski definition) is 0. The third-order valence-corrected chi connectivity index (χ3v) is 5.98. The summed E-state index contributed by atoms with van der Waals surface area (Å²) >= 11 is 0. The molecule has 1 aliphatic heterocycles. The Morgan fingerprint density at radius 1 is 1.13 bits per heavy atom. The van der Waals surface area contributed by atoms with Crippen molar-refractivity contribution < 1.29 is 14.3 Å². The van der Waals surface area contributed by atoms with Crippen LogP contribution in [0.1, 0.15) is 82.1 Å². The summed E-state index contributed by atoms with van der Waals surface area (Å²) in [6, 6.07) is 4.44. The highest BCUT2D eigenvalue weighted by atomic mass is 16.5. The third-order valence-electron chi connectivity index (χ3n) is 5.98. The molecule has 5 heteroatoms. The van der Waals surface area contributed by atoms with Gasteiger partial charge in [-0.3, -0.25) is 4.79 Å². The van der Waals surface area contributed by atoms with Crippen LogP contribution < -0.4 is 9.47 Å². The van der Waals surface area contributed by atoms with E-state index >= 15 is 0 Å². The number of ether oxygens (including phenoxy) is 2. The Labute approximate surface area is 179 Å². The van der Waals surface area contributed by atoms with Crippen molar-refractivity contribution in [2.45, 2.75) is 71.6 Å². The summed E-state index contributed by atoms with van der Waals surface area (Å²) in [7, 11) is 0. The summed E-state index contributed by atoms with van der Waals surface area (Å²) < 4.78 is 11.1. The van der Waals surface area contributed by atoms with Crippen molar-refractivity contribution >= 4 is 5.97 Å². The van der Waals surface area contributed by atoms with Crippen LogP contribution in [-0.2, 0) is 16.6 Å². The smallest absolute Gasteiger partial charge is 0.324 e. The van der Waals surface area contributed by atoms with E-state index in [0.29, 0.717) is 12.0 Å². The van der Waals surface area contributed by atoms with Gasteiger partial charge < -0.3 is 9.47 Å². The summed E-state index contributed by atoms with van der Waals surface area (Å²) in [5.41, 5.74) is 4.30. The molecule has 0 spiro atoms. The summed E-state index contributed by atoms with van der Waals surface area (Å²) in [4.78, 5) is 19.8. The third kappa shape index (κ3) is 4.64. The molecular weight excluding hydrogens is 376 g/mol. The Morgan fingerprint density at radius 2 is 1.87 bits per heavy atom. The van der Waals surface area contributed by atoms with Gasteiger partial charge >= 0.3 is 12.0 Å². The zero-order valence-electron chi connectivity index (χ0n) is 18.4. The van der Waals surface area contributed by atoms with Crippen LogP contribution in [0.15, 0.2) is 24.5 Å². The lowest BCUT2D eigenvalue weighted by Crippen LogP contribution is -2.32. The first-order valence-electron chi connectivity index (χ1n) is 10.9. The monoisotopic (exact) mass is 406 g/mol. The second-order valence-corrected chi connectivity index (χ2v) is 7.67. The molecule has 0 fully saturated rings. The molecular formula is C25H30N2O3. The molecule has 0 atom stereocenters. The molecule has 1 aliphatic rings. The normalized spacial score (nSPS) is 14.1. The molecule has 0 aliphatic carbocycles. The number of benzene rings is 1. The van der Waals surface area contributed by atoms with Crippen molar-refractivity contribution in [1.29, 1.82) is 0 Å². The predicted molar refractivity (Wildman–Crippen MR) is 117 cm³/mol. The van der Waals surface area contributed by atoms with Gasteiger partial charge in [0.05, 0.1) is 12.2 Å². The van der Waals surface area contributed by atoms with Gasteiger partial charge in [0.15, 0.2) is 0 Å². The average molecular weight is 407 g/mol. The molecule has 2 aromatic rings. The lowest BCUT2D eigenvalue weighted by molar-refractivity contribution is -0.134. The molecule has 1 aromatic heterocycles. The van der Waals surface area contributed by atoms with Crippen molar-refractivity contribution in [3.63, 3.8) is 0 Å². The zero-order chi connectivity index (χ0) is 21.6. The zero-order valence-corrected chi connectivity index (χ0v) is 18.4. The molecule has 0 unspecified atom stereocenters. The van der Waals surface area contributed by atoms with Crippen LogP contribution in [0.4, 0.5) is 0 Å². The Kier molecular flexibility index (Phi) is 7.10. The summed E-state index contributed by atoms with van der Waals surface area (Å²) in [5, 5.41) is 0. The molecule has 0 saturated carbocycles. The minimum Gasteiger partial charge on any atom is -0.493 e. The maximum absolute atomic E-state index is 11.6. The van der Waals surface area contributed by atoms with E-state index in [9.17, 15) is 4.79 Å². The van der Waals surface area contributed by atoms with Gasteiger partial charge in [-0.1, -0.05) is 39.5 Å². The molecule has 1 aromatic carbocycles. The van der Waals surface area contributed by atoms with E-state index in [1.54, 1.807) is 12.4 Å². The van der Waals surface area contributed by atoms with Crippen molar-refractivity contribution in [3.8, 4) is 23.6 Å². The average Bonchev–Trinajstić information content (AvgIpc) is 2.77. The molecule has 5 nitrogen and oxygen atoms in total. The van der Waals surface area contributed by atoms with Crippen LogP contribution in [0.2, 0.25) is 0 Å². The maximum Gasteiger partial charge on any atom is 0.324 e. The first kappa shape index (κ1) is 21.8. The van der Waals surface area contributed by atoms with E-state index in [1.807, 2.05) is 6.92 Å². The van der Waals surface area contributed by atoms with E-state index in [0.717, 1.165) is 50.0 Å². The summed E-state index contributed by atoms with van der Waals surface area (Å²) in [6.45, 7) is 9.33. The van der Waals surface area contributed by atoms with Crippen LogP contribution in [-0.4, -0.2) is 22.5 Å². The second kappa shape index (κ2) is 9.75. The number of fused-ring (bicyclic) bond motifs is 1. The van der Waals surface area contributed by atoms with E-state index in [1.165, 1.54) is 11.1 Å². The largest absolute Gasteiger partial charge is 0.493 e. The number of carbonyl (C=O) groups excluding carboxylic acids is 1. The molecule has 0 bridgehead atoms. The van der Waals surface area contributed by atoms with Crippen molar-refractivity contribution in [2.75, 3.05) is 6.61 Å². The van der Waals surface area contributed by atoms with Gasteiger partial charge in [0.25, 0.3) is 0 Å². The predicted octanol–water partition coefficient (Wildman–Crippen LogP) is 4.98. The molecule has 0 saturated heterocycles. The SMILES string of the molecule is CCCC(=O)Oc1ncc(C#Cc2cc3c(cc2CC)OCCC3(CC)CC)cn1. The van der Waals surface area contributed by atoms with Gasteiger partial charge in [-0.05, 0) is 49.8 Å². The van der Waals surface area contributed by atoms with Gasteiger partial charge in [-0.25, -0.2) is 9.97 Å². The van der Waals surface area contributed by atoms with Gasteiger partial charge in [-0.15, -0.1) is 0 Å². The molecule has 0 amide bonds. The quantitative estimate of drug-likeness (QED) is 0.500. The van der Waals surface area contributed by atoms with Crippen LogP contribution in [0, 0.1) is 11.8 Å². The van der Waals surface area contributed by atoms with Crippen molar-refractivity contribution in [2.24, 2.45) is 0 Å². The highest BCUT2D eigenvalue weighted by molar-refractivity contribution is 5.71. The topological polar surface area (TPSA) is 61.3 Å². The number of hydrogen-bond acceptors (Lipinski definition) is 5. The van der Waals surface area contributed by atoms with Gasteiger partial charge in [0.1, 0.15) is 5.75 Å². The van der Waals surface area contributed by atoms with Gasteiger partial charge in [0.2, 0.25) is 0 Å². The van der Waals surface area contributed by atoms with Gasteiger partial charge in [-0.2, -0.15) is 0 Å². The number of aryl methyl sites for hydroxylation is 1. The van der Waals surface area contributed by atoms with Crippen LogP contribution in [0.25, 0.3) is 0 Å². The summed E-state index contributed by atoms with van der Waals surface area (Å²) in [5.74, 6) is 7.14. The van der Waals surface area contributed by atoms with Crippen LogP contribution >= 0.6 is 0 Å². The first-order chi connectivity index (χ1) is 14.5. The number of aromatic nitrogens is 2. The minimum absolute atomic E-state index is 0.0647. The minimum atomic E-state index is -0.324. The highest BCUT2D eigenvalue weighted by Gasteiger charge is 2.35. The van der Waals surface area contributed by atoms with Crippen LogP contribution in [0.3, 0.4) is 0 Å². The lowest BCUT2D eigenvalue weighted by atomic mass is 9.71. The second-order valence-electron chi connectivity index (χ2n) is 7.67. The van der Waals surface area contributed by atoms with Crippen LogP contribution in [0.5, 0.6) is 11.8 Å². The van der Waals surface area contributed by atoms with E-state index in [2.05, 4.69) is 54.7 Å². The fraction of sp³-hybridized carbons (Fsp3) is 0.480. The summed E-state index contributed by atoms with van der Waals surface area (Å²) in [6.07, 6.45) is 8.35. The highest BCUT2D eigenvalue weighted by Crippen LogP contribution is 2.44. The molecule has 0 radical (unpaired) electrons. The number of rotatable bonds is 6. The fourth-order valence-corrected chi connectivity index (χ4v) is 3.97. The Bertz CT molecular complexity index is 951.